The summed E-state index contributed by atoms with van der Waals surface area (Å²) in [6, 6.07) is 18.8. The molecule has 0 radical (unpaired) electrons. The Labute approximate surface area is 191 Å². The number of para-hydroxylation sites is 1. The second kappa shape index (κ2) is 11.8. The van der Waals surface area contributed by atoms with Gasteiger partial charge in [0.05, 0.1) is 0 Å². The minimum atomic E-state index is -0.463. The van der Waals surface area contributed by atoms with E-state index in [1.165, 1.54) is 0 Å². The Hall–Kier alpha value is -4.40. The van der Waals surface area contributed by atoms with Gasteiger partial charge < -0.3 is 26.0 Å². The third-order valence-electron chi connectivity index (χ3n) is 4.34. The number of nitrogens with one attached hydrogen (secondary N) is 4. The summed E-state index contributed by atoms with van der Waals surface area (Å²) < 4.78 is 5.50. The van der Waals surface area contributed by atoms with E-state index in [9.17, 15) is 14.4 Å². The van der Waals surface area contributed by atoms with E-state index in [1.54, 1.807) is 48.7 Å². The van der Waals surface area contributed by atoms with Crippen molar-refractivity contribution in [3.63, 3.8) is 0 Å². The van der Waals surface area contributed by atoms with Crippen LogP contribution in [0.4, 0.5) is 22.0 Å². The third kappa shape index (κ3) is 8.33. The highest BCUT2D eigenvalue weighted by molar-refractivity contribution is 5.92. The van der Waals surface area contributed by atoms with Crippen LogP contribution in [-0.2, 0) is 9.59 Å². The summed E-state index contributed by atoms with van der Waals surface area (Å²) >= 11 is 0. The van der Waals surface area contributed by atoms with Crippen molar-refractivity contribution in [2.45, 2.75) is 13.3 Å². The number of carbonyl (C=O) groups is 3. The number of nitrogens with zero attached hydrogens (tertiary/aromatic N) is 1. The molecule has 4 N–H and O–H groups in total. The summed E-state index contributed by atoms with van der Waals surface area (Å²) in [6.45, 7) is 1.89. The Morgan fingerprint density at radius 3 is 2.39 bits per heavy atom. The number of anilines is 3. The largest absolute Gasteiger partial charge is 0.484 e. The zero-order valence-corrected chi connectivity index (χ0v) is 18.1. The van der Waals surface area contributed by atoms with E-state index in [4.69, 9.17) is 4.74 Å². The number of ether oxygens (including phenoxy) is 1. The molecule has 0 aliphatic rings. The predicted octanol–water partition coefficient (Wildman–Crippen LogP) is 3.56. The van der Waals surface area contributed by atoms with Crippen molar-refractivity contribution in [1.29, 1.82) is 0 Å². The highest BCUT2D eigenvalue weighted by Crippen LogP contribution is 2.17. The molecule has 9 heteroatoms. The van der Waals surface area contributed by atoms with Gasteiger partial charge in [-0.3, -0.25) is 9.59 Å². The average Bonchev–Trinajstić information content (AvgIpc) is 2.80. The molecular formula is C24H25N5O4. The number of pyridine rings is 1. The number of urea groups is 1. The molecule has 2 aromatic carbocycles. The summed E-state index contributed by atoms with van der Waals surface area (Å²) in [5.41, 5.74) is 2.17. The lowest BCUT2D eigenvalue weighted by atomic mass is 10.3. The summed E-state index contributed by atoms with van der Waals surface area (Å²) in [5.74, 6) is 0.345. The molecule has 0 spiro atoms. The number of aromatic nitrogens is 1. The molecular weight excluding hydrogens is 422 g/mol. The SMILES string of the molecule is Cc1ccc(NC(=O)CCNC(=O)Nc2cccc(OCC(=O)Nc3ccccc3)c2)nc1. The second-order valence-corrected chi connectivity index (χ2v) is 7.13. The van der Waals surface area contributed by atoms with Gasteiger partial charge in [-0.15, -0.1) is 0 Å². The standard InChI is InChI=1S/C24H25N5O4/c1-17-10-11-21(26-15-17)29-22(30)12-13-25-24(32)28-19-8-5-9-20(14-19)33-16-23(31)27-18-6-3-2-4-7-18/h2-11,14-15H,12-13,16H2,1H3,(H,27,31)(H2,25,28,32)(H,26,29,30). The molecule has 4 amide bonds. The number of hydrogen-bond donors (Lipinski definition) is 4. The maximum atomic E-state index is 12.1. The lowest BCUT2D eigenvalue weighted by molar-refractivity contribution is -0.118. The van der Waals surface area contributed by atoms with E-state index >= 15 is 0 Å². The van der Waals surface area contributed by atoms with Crippen LogP contribution < -0.4 is 26.0 Å². The molecule has 1 heterocycles. The van der Waals surface area contributed by atoms with Crippen LogP contribution in [0.1, 0.15) is 12.0 Å². The van der Waals surface area contributed by atoms with E-state index in [-0.39, 0.29) is 31.4 Å². The van der Waals surface area contributed by atoms with Crippen molar-refractivity contribution in [3.05, 3.63) is 78.5 Å². The van der Waals surface area contributed by atoms with E-state index < -0.39 is 6.03 Å². The third-order valence-corrected chi connectivity index (χ3v) is 4.34. The van der Waals surface area contributed by atoms with Crippen LogP contribution in [-0.4, -0.2) is 36.0 Å². The Morgan fingerprint density at radius 2 is 1.64 bits per heavy atom. The first-order valence-corrected chi connectivity index (χ1v) is 10.3. The summed E-state index contributed by atoms with van der Waals surface area (Å²) in [7, 11) is 0. The number of hydrogen-bond acceptors (Lipinski definition) is 5. The molecule has 0 fully saturated rings. The number of amides is 4. The minimum absolute atomic E-state index is 0.0999. The van der Waals surface area contributed by atoms with Gasteiger partial charge in [-0.2, -0.15) is 0 Å². The topological polar surface area (TPSA) is 121 Å². The van der Waals surface area contributed by atoms with Gasteiger partial charge in [0.25, 0.3) is 5.91 Å². The molecule has 3 rings (SSSR count). The smallest absolute Gasteiger partial charge is 0.319 e. The molecule has 3 aromatic rings. The molecule has 9 nitrogen and oxygen atoms in total. The maximum absolute atomic E-state index is 12.1. The van der Waals surface area contributed by atoms with E-state index in [2.05, 4.69) is 26.3 Å². The first-order chi connectivity index (χ1) is 16.0. The lowest BCUT2D eigenvalue weighted by Gasteiger charge is -2.10. The van der Waals surface area contributed by atoms with Gasteiger partial charge in [-0.25, -0.2) is 9.78 Å². The van der Waals surface area contributed by atoms with Crippen LogP contribution in [0.15, 0.2) is 72.9 Å². The molecule has 0 saturated heterocycles. The Balaban J connectivity index is 1.38. The van der Waals surface area contributed by atoms with Gasteiger partial charge in [0, 0.05) is 36.6 Å². The van der Waals surface area contributed by atoms with Crippen molar-refractivity contribution in [2.24, 2.45) is 0 Å². The van der Waals surface area contributed by atoms with Crippen molar-refractivity contribution >= 4 is 35.0 Å². The zero-order chi connectivity index (χ0) is 23.5. The molecule has 0 aliphatic carbocycles. The summed E-state index contributed by atoms with van der Waals surface area (Å²) in [4.78, 5) is 40.2. The quantitative estimate of drug-likeness (QED) is 0.400. The fourth-order valence-electron chi connectivity index (χ4n) is 2.74. The lowest BCUT2D eigenvalue weighted by Crippen LogP contribution is -2.31. The number of aryl methyl sites for hydroxylation is 1. The molecule has 0 unspecified atom stereocenters. The van der Waals surface area contributed by atoms with E-state index in [0.29, 0.717) is 22.9 Å². The van der Waals surface area contributed by atoms with Crippen LogP contribution in [0, 0.1) is 6.92 Å². The fraction of sp³-hybridized carbons (Fsp3) is 0.167. The van der Waals surface area contributed by atoms with Crippen molar-refractivity contribution in [1.82, 2.24) is 10.3 Å². The van der Waals surface area contributed by atoms with Gasteiger partial charge in [-0.1, -0.05) is 30.3 Å². The molecule has 0 aliphatic heterocycles. The fourth-order valence-corrected chi connectivity index (χ4v) is 2.74. The Morgan fingerprint density at radius 1 is 0.848 bits per heavy atom. The number of benzene rings is 2. The minimum Gasteiger partial charge on any atom is -0.484 e. The first-order valence-electron chi connectivity index (χ1n) is 10.3. The molecule has 170 valence electrons. The Bertz CT molecular complexity index is 1090. The Kier molecular flexibility index (Phi) is 8.35. The molecule has 1 aromatic heterocycles. The van der Waals surface area contributed by atoms with Crippen LogP contribution in [0.5, 0.6) is 5.75 Å². The molecule has 0 bridgehead atoms. The van der Waals surface area contributed by atoms with E-state index in [0.717, 1.165) is 5.56 Å². The van der Waals surface area contributed by atoms with Gasteiger partial charge in [0.2, 0.25) is 5.91 Å². The van der Waals surface area contributed by atoms with Crippen LogP contribution >= 0.6 is 0 Å². The van der Waals surface area contributed by atoms with Crippen molar-refractivity contribution in [3.8, 4) is 5.75 Å². The number of rotatable bonds is 9. The van der Waals surface area contributed by atoms with Crippen molar-refractivity contribution < 1.29 is 19.1 Å². The second-order valence-electron chi connectivity index (χ2n) is 7.13. The maximum Gasteiger partial charge on any atom is 0.319 e. The molecule has 0 saturated carbocycles. The normalized spacial score (nSPS) is 10.1. The average molecular weight is 447 g/mol. The zero-order valence-electron chi connectivity index (χ0n) is 18.1. The van der Waals surface area contributed by atoms with Gasteiger partial charge in [0.15, 0.2) is 6.61 Å². The first kappa shape index (κ1) is 23.3. The van der Waals surface area contributed by atoms with Crippen molar-refractivity contribution in [2.75, 3.05) is 29.1 Å². The van der Waals surface area contributed by atoms with Crippen LogP contribution in [0.3, 0.4) is 0 Å². The molecule has 33 heavy (non-hydrogen) atoms. The summed E-state index contributed by atoms with van der Waals surface area (Å²) in [6.07, 6.45) is 1.76. The van der Waals surface area contributed by atoms with E-state index in [1.807, 2.05) is 31.2 Å². The van der Waals surface area contributed by atoms with Crippen LogP contribution in [0.25, 0.3) is 0 Å². The highest BCUT2D eigenvalue weighted by Gasteiger charge is 2.08. The van der Waals surface area contributed by atoms with Gasteiger partial charge >= 0.3 is 6.03 Å². The predicted molar refractivity (Wildman–Crippen MR) is 126 cm³/mol. The monoisotopic (exact) mass is 447 g/mol. The van der Waals surface area contributed by atoms with Gasteiger partial charge in [0.1, 0.15) is 11.6 Å². The highest BCUT2D eigenvalue weighted by atomic mass is 16.5. The summed E-state index contributed by atoms with van der Waals surface area (Å²) in [5, 5.41) is 10.7. The number of carbonyl (C=O) groups excluding carboxylic acids is 3. The molecule has 0 atom stereocenters. The van der Waals surface area contributed by atoms with Crippen LogP contribution in [0.2, 0.25) is 0 Å². The van der Waals surface area contributed by atoms with Gasteiger partial charge in [-0.05, 0) is 42.8 Å².